The van der Waals surface area contributed by atoms with E-state index in [1.165, 1.54) is 13.8 Å². The lowest BCUT2D eigenvalue weighted by Crippen LogP contribution is -2.39. The van der Waals surface area contributed by atoms with Crippen molar-refractivity contribution in [2.45, 2.75) is 50.8 Å². The Morgan fingerprint density at radius 3 is 2.65 bits per heavy atom. The molecule has 1 rings (SSSR count). The molecule has 7 heteroatoms. The minimum absolute atomic E-state index is 0.0338. The third kappa shape index (κ3) is 7.40. The second-order valence-corrected chi connectivity index (χ2v) is 6.36. The highest BCUT2D eigenvalue weighted by Gasteiger charge is 2.32. The highest BCUT2D eigenvalue weighted by Crippen LogP contribution is 2.29. The number of hydrogen-bond donors (Lipinski definition) is 1. The maximum absolute atomic E-state index is 11.1. The van der Waals surface area contributed by atoms with Gasteiger partial charge in [0.25, 0.3) is 0 Å². The van der Waals surface area contributed by atoms with Crippen molar-refractivity contribution in [2.75, 3.05) is 18.1 Å². The average molecular weight is 322 g/mol. The molecule has 1 aliphatic rings. The largest absolute Gasteiger partial charge is 0.463 e. The molecule has 0 radical (unpaired) electrons. The third-order valence-corrected chi connectivity index (χ3v) is 4.25. The lowest BCUT2D eigenvalue weighted by atomic mass is 10.1. The summed E-state index contributed by atoms with van der Waals surface area (Å²) in [6, 6.07) is 0. The van der Waals surface area contributed by atoms with Crippen molar-refractivity contribution >= 4 is 36.3 Å². The summed E-state index contributed by atoms with van der Waals surface area (Å²) in [6.45, 7) is 2.97. The van der Waals surface area contributed by atoms with Crippen LogP contribution in [0.25, 0.3) is 0 Å². The normalized spacial score (nSPS) is 26.1. The number of ether oxygens (including phenoxy) is 3. The number of hydrogen-bond acceptors (Lipinski definition) is 7. The molecule has 0 spiro atoms. The monoisotopic (exact) mass is 322 g/mol. The summed E-state index contributed by atoms with van der Waals surface area (Å²) in [5.74, 6) is 1.16. The van der Waals surface area contributed by atoms with Gasteiger partial charge in [-0.1, -0.05) is 0 Å². The molecule has 116 valence electrons. The molecule has 1 saturated heterocycles. The summed E-state index contributed by atoms with van der Waals surface area (Å²) < 4.78 is 16.1. The van der Waals surface area contributed by atoms with E-state index in [1.54, 1.807) is 11.8 Å². The van der Waals surface area contributed by atoms with E-state index >= 15 is 0 Å². The van der Waals surface area contributed by atoms with Crippen molar-refractivity contribution < 1.29 is 23.8 Å². The summed E-state index contributed by atoms with van der Waals surface area (Å²) in [6.07, 6.45) is 1.85. The number of esters is 2. The number of rotatable bonds is 7. The van der Waals surface area contributed by atoms with E-state index in [0.717, 1.165) is 17.9 Å². The maximum atomic E-state index is 11.1. The van der Waals surface area contributed by atoms with Crippen LogP contribution in [-0.2, 0) is 23.8 Å². The van der Waals surface area contributed by atoms with Gasteiger partial charge in [0, 0.05) is 26.7 Å². The van der Waals surface area contributed by atoms with Crippen molar-refractivity contribution in [3.63, 3.8) is 0 Å². The van der Waals surface area contributed by atoms with Gasteiger partial charge in [-0.3, -0.25) is 9.59 Å². The summed E-state index contributed by atoms with van der Waals surface area (Å²) in [7, 11) is 0. The van der Waals surface area contributed by atoms with E-state index in [9.17, 15) is 9.59 Å². The van der Waals surface area contributed by atoms with Crippen molar-refractivity contribution in [2.24, 2.45) is 0 Å². The fourth-order valence-electron chi connectivity index (χ4n) is 1.97. The highest BCUT2D eigenvalue weighted by atomic mass is 32.2. The van der Waals surface area contributed by atoms with Crippen molar-refractivity contribution in [1.29, 1.82) is 0 Å². The maximum Gasteiger partial charge on any atom is 0.302 e. The Kier molecular flexibility index (Phi) is 8.40. The first-order valence-corrected chi connectivity index (χ1v) is 8.38. The predicted molar refractivity (Wildman–Crippen MR) is 81.0 cm³/mol. The zero-order valence-electron chi connectivity index (χ0n) is 11.9. The SMILES string of the molecule is CC(=O)OCC1CC(OC(C)=O)CC(SCCCS)O1. The minimum atomic E-state index is -0.331. The topological polar surface area (TPSA) is 61.8 Å². The van der Waals surface area contributed by atoms with E-state index in [4.69, 9.17) is 14.2 Å². The van der Waals surface area contributed by atoms with Gasteiger partial charge < -0.3 is 14.2 Å². The minimum Gasteiger partial charge on any atom is -0.463 e. The van der Waals surface area contributed by atoms with E-state index in [2.05, 4.69) is 12.6 Å². The molecular formula is C13H22O5S2. The molecule has 0 aliphatic carbocycles. The van der Waals surface area contributed by atoms with Crippen LogP contribution in [0.2, 0.25) is 0 Å². The Morgan fingerprint density at radius 2 is 2.05 bits per heavy atom. The fourth-order valence-corrected chi connectivity index (χ4v) is 3.50. The third-order valence-electron chi connectivity index (χ3n) is 2.74. The van der Waals surface area contributed by atoms with Gasteiger partial charge in [-0.2, -0.15) is 12.6 Å². The van der Waals surface area contributed by atoms with Crippen LogP contribution in [0.1, 0.15) is 33.1 Å². The van der Waals surface area contributed by atoms with Gasteiger partial charge in [0.1, 0.15) is 18.1 Å². The van der Waals surface area contributed by atoms with Gasteiger partial charge >= 0.3 is 11.9 Å². The molecule has 0 N–H and O–H groups in total. The van der Waals surface area contributed by atoms with Crippen LogP contribution < -0.4 is 0 Å². The summed E-state index contributed by atoms with van der Waals surface area (Å²) in [5, 5.41) is 0. The van der Waals surface area contributed by atoms with Gasteiger partial charge in [0.2, 0.25) is 0 Å². The molecule has 3 atom stereocenters. The first-order valence-electron chi connectivity index (χ1n) is 6.69. The number of carbonyl (C=O) groups excluding carboxylic acids is 2. The molecule has 1 aliphatic heterocycles. The lowest BCUT2D eigenvalue weighted by Gasteiger charge is -2.34. The predicted octanol–water partition coefficient (Wildman–Crippen LogP) is 2.04. The molecule has 3 unspecified atom stereocenters. The van der Waals surface area contributed by atoms with E-state index in [1.807, 2.05) is 0 Å². The van der Waals surface area contributed by atoms with Gasteiger partial charge in [-0.25, -0.2) is 0 Å². The van der Waals surface area contributed by atoms with Crippen molar-refractivity contribution in [1.82, 2.24) is 0 Å². The molecular weight excluding hydrogens is 300 g/mol. The van der Waals surface area contributed by atoms with Crippen molar-refractivity contribution in [3.8, 4) is 0 Å². The van der Waals surface area contributed by atoms with Crippen LogP contribution in [0.3, 0.4) is 0 Å². The van der Waals surface area contributed by atoms with Gasteiger partial charge in [-0.05, 0) is 17.9 Å². The average Bonchev–Trinajstić information content (AvgIpc) is 2.36. The van der Waals surface area contributed by atoms with Gasteiger partial charge in [-0.15, -0.1) is 11.8 Å². The Hall–Kier alpha value is -0.400. The number of thioether (sulfide) groups is 1. The Bertz CT molecular complexity index is 324. The second-order valence-electron chi connectivity index (χ2n) is 4.64. The Labute approximate surface area is 129 Å². The lowest BCUT2D eigenvalue weighted by molar-refractivity contribution is -0.162. The molecule has 0 amide bonds. The van der Waals surface area contributed by atoms with Crippen LogP contribution >= 0.6 is 24.4 Å². The zero-order chi connectivity index (χ0) is 15.0. The van der Waals surface area contributed by atoms with Crippen molar-refractivity contribution in [3.05, 3.63) is 0 Å². The molecule has 20 heavy (non-hydrogen) atoms. The second kappa shape index (κ2) is 9.52. The zero-order valence-corrected chi connectivity index (χ0v) is 13.6. The fraction of sp³-hybridized carbons (Fsp3) is 0.846. The number of thiol groups is 1. The van der Waals surface area contributed by atoms with E-state index < -0.39 is 0 Å². The standard InChI is InChI=1S/C13H22O5S2/c1-9(14)16-8-12-6-11(17-10(2)15)7-13(18-12)20-5-3-4-19/h11-13,19H,3-8H2,1-2H3. The smallest absolute Gasteiger partial charge is 0.302 e. The quantitative estimate of drug-likeness (QED) is 0.440. The summed E-state index contributed by atoms with van der Waals surface area (Å²) in [5.41, 5.74) is -0.0338. The summed E-state index contributed by atoms with van der Waals surface area (Å²) in [4.78, 5) is 21.9. The highest BCUT2D eigenvalue weighted by molar-refractivity contribution is 7.99. The molecule has 5 nitrogen and oxygen atoms in total. The Balaban J connectivity index is 2.47. The van der Waals surface area contributed by atoms with Gasteiger partial charge in [0.15, 0.2) is 0 Å². The van der Waals surface area contributed by atoms with Crippen LogP contribution in [0, 0.1) is 0 Å². The van der Waals surface area contributed by atoms with E-state index in [0.29, 0.717) is 12.8 Å². The summed E-state index contributed by atoms with van der Waals surface area (Å²) >= 11 is 5.86. The first kappa shape index (κ1) is 17.7. The molecule has 1 fully saturated rings. The van der Waals surface area contributed by atoms with Crippen LogP contribution in [0.15, 0.2) is 0 Å². The number of carbonyl (C=O) groups is 2. The van der Waals surface area contributed by atoms with Gasteiger partial charge in [0.05, 0.1) is 6.10 Å². The molecule has 0 aromatic heterocycles. The molecule has 0 bridgehead atoms. The van der Waals surface area contributed by atoms with Crippen LogP contribution in [-0.4, -0.2) is 47.7 Å². The molecule has 0 aromatic rings. The molecule has 1 heterocycles. The first-order chi connectivity index (χ1) is 9.51. The van der Waals surface area contributed by atoms with Crippen LogP contribution in [0.5, 0.6) is 0 Å². The van der Waals surface area contributed by atoms with E-state index in [-0.39, 0.29) is 36.2 Å². The Morgan fingerprint density at radius 1 is 1.30 bits per heavy atom. The molecule has 0 saturated carbocycles. The molecule has 0 aromatic carbocycles. The van der Waals surface area contributed by atoms with Crippen LogP contribution in [0.4, 0.5) is 0 Å².